The van der Waals surface area contributed by atoms with Gasteiger partial charge in [0.05, 0.1) is 23.8 Å². The number of non-ortho nitro benzene ring substituents is 1. The van der Waals surface area contributed by atoms with Crippen LogP contribution in [-0.4, -0.2) is 22.5 Å². The molecule has 1 amide bonds. The van der Waals surface area contributed by atoms with Crippen LogP contribution in [0.3, 0.4) is 0 Å². The fraction of sp³-hybridized carbons (Fsp3) is 0.188. The Labute approximate surface area is 138 Å². The fourth-order valence-electron chi connectivity index (χ4n) is 1.98. The molecule has 0 atom stereocenters. The molecule has 24 heavy (non-hydrogen) atoms. The molecule has 0 radical (unpaired) electrons. The molecule has 8 heteroatoms. The molecule has 0 aromatic heterocycles. The van der Waals surface area contributed by atoms with Crippen LogP contribution in [0.25, 0.3) is 0 Å². The molecular formula is C16H17N3O5. The number of aliphatic hydroxyl groups excluding tert-OH is 1. The van der Waals surface area contributed by atoms with E-state index in [4.69, 9.17) is 10.5 Å². The fourth-order valence-corrected chi connectivity index (χ4v) is 1.98. The van der Waals surface area contributed by atoms with Crippen molar-refractivity contribution in [1.29, 1.82) is 0 Å². The SMILES string of the molecule is NCC(=O)Nc1cc(CO)ccc1OCc1ccc([N+](=O)[O-])cc1. The minimum absolute atomic E-state index is 0.00180. The van der Waals surface area contributed by atoms with Crippen LogP contribution in [0.4, 0.5) is 11.4 Å². The number of nitrogens with zero attached hydrogens (tertiary/aromatic N) is 1. The lowest BCUT2D eigenvalue weighted by molar-refractivity contribution is -0.384. The molecular weight excluding hydrogens is 314 g/mol. The summed E-state index contributed by atoms with van der Waals surface area (Å²) in [5, 5.41) is 22.4. The Bertz CT molecular complexity index is 731. The van der Waals surface area contributed by atoms with Crippen LogP contribution in [0.15, 0.2) is 42.5 Å². The molecule has 0 saturated carbocycles. The van der Waals surface area contributed by atoms with Crippen molar-refractivity contribution >= 4 is 17.3 Å². The molecule has 0 aliphatic heterocycles. The van der Waals surface area contributed by atoms with Gasteiger partial charge >= 0.3 is 0 Å². The van der Waals surface area contributed by atoms with E-state index in [-0.39, 0.29) is 31.4 Å². The van der Waals surface area contributed by atoms with Gasteiger partial charge in [-0.2, -0.15) is 0 Å². The normalized spacial score (nSPS) is 10.2. The minimum Gasteiger partial charge on any atom is -0.487 e. The van der Waals surface area contributed by atoms with Crippen LogP contribution in [0.1, 0.15) is 11.1 Å². The van der Waals surface area contributed by atoms with Gasteiger partial charge in [0.15, 0.2) is 0 Å². The molecule has 0 bridgehead atoms. The quantitative estimate of drug-likeness (QED) is 0.522. The average molecular weight is 331 g/mol. The first kappa shape index (κ1) is 17.4. The molecule has 2 aromatic rings. The lowest BCUT2D eigenvalue weighted by Gasteiger charge is -2.13. The number of nitro groups is 1. The second-order valence-corrected chi connectivity index (χ2v) is 4.95. The van der Waals surface area contributed by atoms with E-state index in [9.17, 15) is 20.0 Å². The van der Waals surface area contributed by atoms with Gasteiger partial charge in [-0.25, -0.2) is 0 Å². The zero-order valence-corrected chi connectivity index (χ0v) is 12.8. The van der Waals surface area contributed by atoms with Gasteiger partial charge in [-0.15, -0.1) is 0 Å². The third kappa shape index (κ3) is 4.51. The van der Waals surface area contributed by atoms with Gasteiger partial charge in [-0.05, 0) is 35.4 Å². The maximum Gasteiger partial charge on any atom is 0.269 e. The van der Waals surface area contributed by atoms with Crippen molar-refractivity contribution in [1.82, 2.24) is 0 Å². The summed E-state index contributed by atoms with van der Waals surface area (Å²) in [6.45, 7) is -0.179. The van der Waals surface area contributed by atoms with Crippen molar-refractivity contribution < 1.29 is 19.6 Å². The van der Waals surface area contributed by atoms with Crippen molar-refractivity contribution in [3.05, 3.63) is 63.7 Å². The van der Waals surface area contributed by atoms with Gasteiger partial charge in [0, 0.05) is 12.1 Å². The van der Waals surface area contributed by atoms with E-state index in [1.165, 1.54) is 12.1 Å². The summed E-state index contributed by atoms with van der Waals surface area (Å²) in [6.07, 6.45) is 0. The predicted octanol–water partition coefficient (Wildman–Crippen LogP) is 1.56. The lowest BCUT2D eigenvalue weighted by atomic mass is 10.2. The maximum atomic E-state index is 11.5. The van der Waals surface area contributed by atoms with Crippen molar-refractivity contribution in [2.75, 3.05) is 11.9 Å². The molecule has 0 spiro atoms. The number of ether oxygens (including phenoxy) is 1. The van der Waals surface area contributed by atoms with Crippen LogP contribution in [-0.2, 0) is 18.0 Å². The minimum atomic E-state index is -0.474. The van der Waals surface area contributed by atoms with E-state index < -0.39 is 4.92 Å². The highest BCUT2D eigenvalue weighted by Gasteiger charge is 2.09. The summed E-state index contributed by atoms with van der Waals surface area (Å²) in [5.74, 6) is 0.0256. The number of amides is 1. The third-order valence-corrected chi connectivity index (χ3v) is 3.23. The van der Waals surface area contributed by atoms with Crippen LogP contribution >= 0.6 is 0 Å². The summed E-state index contributed by atoms with van der Waals surface area (Å²) in [5.41, 5.74) is 7.04. The highest BCUT2D eigenvalue weighted by atomic mass is 16.6. The Morgan fingerprint density at radius 2 is 1.88 bits per heavy atom. The molecule has 4 N–H and O–H groups in total. The van der Waals surface area contributed by atoms with E-state index in [2.05, 4.69) is 5.32 Å². The monoisotopic (exact) mass is 331 g/mol. The first-order chi connectivity index (χ1) is 11.5. The first-order valence-electron chi connectivity index (χ1n) is 7.13. The van der Waals surface area contributed by atoms with Crippen LogP contribution < -0.4 is 15.8 Å². The number of benzene rings is 2. The lowest BCUT2D eigenvalue weighted by Crippen LogP contribution is -2.22. The number of anilines is 1. The van der Waals surface area contributed by atoms with E-state index in [1.807, 2.05) is 0 Å². The highest BCUT2D eigenvalue weighted by molar-refractivity contribution is 5.93. The number of hydrogen-bond donors (Lipinski definition) is 3. The number of aliphatic hydroxyl groups is 1. The number of hydrogen-bond acceptors (Lipinski definition) is 6. The Kier molecular flexibility index (Phi) is 5.83. The van der Waals surface area contributed by atoms with Gasteiger partial charge in [0.2, 0.25) is 5.91 Å². The van der Waals surface area contributed by atoms with E-state index in [0.717, 1.165) is 5.56 Å². The first-order valence-corrected chi connectivity index (χ1v) is 7.13. The van der Waals surface area contributed by atoms with Crippen LogP contribution in [0.2, 0.25) is 0 Å². The number of rotatable bonds is 7. The number of nitrogens with two attached hydrogens (primary N) is 1. The topological polar surface area (TPSA) is 128 Å². The number of carbonyl (C=O) groups is 1. The molecule has 0 saturated heterocycles. The second kappa shape index (κ2) is 8.04. The predicted molar refractivity (Wildman–Crippen MR) is 87.5 cm³/mol. The highest BCUT2D eigenvalue weighted by Crippen LogP contribution is 2.27. The molecule has 0 heterocycles. The molecule has 8 nitrogen and oxygen atoms in total. The molecule has 0 aliphatic rings. The maximum absolute atomic E-state index is 11.5. The van der Waals surface area contributed by atoms with E-state index >= 15 is 0 Å². The van der Waals surface area contributed by atoms with Gasteiger partial charge < -0.3 is 20.9 Å². The Hall–Kier alpha value is -2.97. The summed E-state index contributed by atoms with van der Waals surface area (Å²) < 4.78 is 5.66. The number of nitrogens with one attached hydrogen (secondary N) is 1. The molecule has 0 unspecified atom stereocenters. The van der Waals surface area contributed by atoms with Crippen molar-refractivity contribution in [3.8, 4) is 5.75 Å². The zero-order chi connectivity index (χ0) is 17.5. The second-order valence-electron chi connectivity index (χ2n) is 4.95. The van der Waals surface area contributed by atoms with Crippen LogP contribution in [0, 0.1) is 10.1 Å². The van der Waals surface area contributed by atoms with E-state index in [0.29, 0.717) is 17.0 Å². The average Bonchev–Trinajstić information content (AvgIpc) is 2.60. The molecule has 0 fully saturated rings. The molecule has 2 aromatic carbocycles. The smallest absolute Gasteiger partial charge is 0.269 e. The third-order valence-electron chi connectivity index (χ3n) is 3.23. The summed E-state index contributed by atoms with van der Waals surface area (Å²) in [6, 6.07) is 10.9. The largest absolute Gasteiger partial charge is 0.487 e. The summed E-state index contributed by atoms with van der Waals surface area (Å²) in [7, 11) is 0. The van der Waals surface area contributed by atoms with E-state index in [1.54, 1.807) is 30.3 Å². The number of nitro benzene ring substituents is 1. The molecule has 126 valence electrons. The zero-order valence-electron chi connectivity index (χ0n) is 12.8. The van der Waals surface area contributed by atoms with Crippen molar-refractivity contribution in [3.63, 3.8) is 0 Å². The summed E-state index contributed by atoms with van der Waals surface area (Å²) >= 11 is 0. The Morgan fingerprint density at radius 3 is 2.46 bits per heavy atom. The molecule has 2 rings (SSSR count). The van der Waals surface area contributed by atoms with Crippen molar-refractivity contribution in [2.45, 2.75) is 13.2 Å². The Balaban J connectivity index is 2.13. The van der Waals surface area contributed by atoms with Crippen LogP contribution in [0.5, 0.6) is 5.75 Å². The van der Waals surface area contributed by atoms with Gasteiger partial charge in [-0.1, -0.05) is 6.07 Å². The van der Waals surface area contributed by atoms with Gasteiger partial charge in [0.1, 0.15) is 12.4 Å². The van der Waals surface area contributed by atoms with Crippen molar-refractivity contribution in [2.24, 2.45) is 5.73 Å². The Morgan fingerprint density at radius 1 is 1.21 bits per heavy atom. The summed E-state index contributed by atoms with van der Waals surface area (Å²) in [4.78, 5) is 21.6. The van der Waals surface area contributed by atoms with Gasteiger partial charge in [0.25, 0.3) is 5.69 Å². The number of carbonyl (C=O) groups excluding carboxylic acids is 1. The standard InChI is InChI=1S/C16H17N3O5/c17-8-16(21)18-14-7-12(9-20)3-6-15(14)24-10-11-1-4-13(5-2-11)19(22)23/h1-7,20H,8-10,17H2,(H,18,21). The van der Waals surface area contributed by atoms with Gasteiger partial charge in [-0.3, -0.25) is 14.9 Å². The molecule has 0 aliphatic carbocycles.